The first-order chi connectivity index (χ1) is 13.9. The SMILES string of the molecule is CCNC(=NCCNC(=O)c1ccc(O)cc1)NC(C)c1ccc(OC)c(F)c1. The van der Waals surface area contributed by atoms with Crippen molar-refractivity contribution in [3.05, 3.63) is 59.4 Å². The maximum atomic E-state index is 13.9. The molecule has 2 aromatic rings. The van der Waals surface area contributed by atoms with Crippen molar-refractivity contribution in [1.29, 1.82) is 0 Å². The van der Waals surface area contributed by atoms with Gasteiger partial charge in [-0.3, -0.25) is 9.79 Å². The Morgan fingerprint density at radius 2 is 1.93 bits per heavy atom. The molecule has 0 aliphatic rings. The highest BCUT2D eigenvalue weighted by Crippen LogP contribution is 2.21. The van der Waals surface area contributed by atoms with Crippen LogP contribution in [0.25, 0.3) is 0 Å². The standard InChI is InChI=1S/C21H27FN4O3/c1-4-23-21(26-14(2)16-7-10-19(29-3)18(22)13-16)25-12-11-24-20(28)15-5-8-17(27)9-6-15/h5-10,13-14,27H,4,11-12H2,1-3H3,(H,24,28)(H2,23,25,26). The molecular weight excluding hydrogens is 375 g/mol. The number of rotatable bonds is 8. The molecule has 29 heavy (non-hydrogen) atoms. The maximum Gasteiger partial charge on any atom is 0.251 e. The summed E-state index contributed by atoms with van der Waals surface area (Å²) in [6.45, 7) is 5.22. The number of halogens is 1. The van der Waals surface area contributed by atoms with Crippen LogP contribution >= 0.6 is 0 Å². The zero-order valence-corrected chi connectivity index (χ0v) is 16.8. The van der Waals surface area contributed by atoms with Gasteiger partial charge in [-0.1, -0.05) is 6.07 Å². The summed E-state index contributed by atoms with van der Waals surface area (Å²) in [4.78, 5) is 16.5. The van der Waals surface area contributed by atoms with Gasteiger partial charge in [0.25, 0.3) is 5.91 Å². The number of aromatic hydroxyl groups is 1. The largest absolute Gasteiger partial charge is 0.508 e. The lowest BCUT2D eigenvalue weighted by Gasteiger charge is -2.18. The highest BCUT2D eigenvalue weighted by molar-refractivity contribution is 5.94. The number of hydrogen-bond donors (Lipinski definition) is 4. The summed E-state index contributed by atoms with van der Waals surface area (Å²) in [7, 11) is 1.43. The van der Waals surface area contributed by atoms with Gasteiger partial charge in [0.15, 0.2) is 17.5 Å². The predicted octanol–water partition coefficient (Wildman–Crippen LogP) is 2.59. The van der Waals surface area contributed by atoms with Crippen LogP contribution in [0, 0.1) is 5.82 Å². The summed E-state index contributed by atoms with van der Waals surface area (Å²) in [6, 6.07) is 10.7. The summed E-state index contributed by atoms with van der Waals surface area (Å²) >= 11 is 0. The Morgan fingerprint density at radius 3 is 2.55 bits per heavy atom. The van der Waals surface area contributed by atoms with Crippen LogP contribution in [0.4, 0.5) is 4.39 Å². The monoisotopic (exact) mass is 402 g/mol. The molecule has 1 amide bonds. The number of ether oxygens (including phenoxy) is 1. The number of methoxy groups -OCH3 is 1. The van der Waals surface area contributed by atoms with Gasteiger partial charge < -0.3 is 25.8 Å². The van der Waals surface area contributed by atoms with E-state index in [0.29, 0.717) is 31.2 Å². The van der Waals surface area contributed by atoms with E-state index in [1.54, 1.807) is 24.3 Å². The van der Waals surface area contributed by atoms with Crippen molar-refractivity contribution >= 4 is 11.9 Å². The molecular formula is C21H27FN4O3. The Balaban J connectivity index is 1.90. The Labute approximate surface area is 170 Å². The summed E-state index contributed by atoms with van der Waals surface area (Å²) < 4.78 is 18.9. The molecule has 1 unspecified atom stereocenters. The molecule has 0 aliphatic heterocycles. The number of nitrogens with one attached hydrogen (secondary N) is 3. The van der Waals surface area contributed by atoms with Gasteiger partial charge in [-0.05, 0) is 55.8 Å². The molecule has 0 aliphatic carbocycles. The van der Waals surface area contributed by atoms with Gasteiger partial charge in [0.1, 0.15) is 5.75 Å². The smallest absolute Gasteiger partial charge is 0.251 e. The van der Waals surface area contributed by atoms with Crippen molar-refractivity contribution in [2.75, 3.05) is 26.7 Å². The minimum atomic E-state index is -0.419. The Morgan fingerprint density at radius 1 is 1.21 bits per heavy atom. The van der Waals surface area contributed by atoms with Crippen LogP contribution in [0.2, 0.25) is 0 Å². The zero-order chi connectivity index (χ0) is 21.2. The third-order valence-corrected chi connectivity index (χ3v) is 4.17. The number of nitrogens with zero attached hydrogens (tertiary/aromatic N) is 1. The molecule has 2 aromatic carbocycles. The number of guanidine groups is 1. The fourth-order valence-corrected chi connectivity index (χ4v) is 2.61. The lowest BCUT2D eigenvalue weighted by atomic mass is 10.1. The quantitative estimate of drug-likeness (QED) is 0.309. The zero-order valence-electron chi connectivity index (χ0n) is 16.8. The van der Waals surface area contributed by atoms with Gasteiger partial charge in [-0.15, -0.1) is 0 Å². The summed E-state index contributed by atoms with van der Waals surface area (Å²) in [5.74, 6) is 0.220. The van der Waals surface area contributed by atoms with E-state index in [2.05, 4.69) is 20.9 Å². The lowest BCUT2D eigenvalue weighted by Crippen LogP contribution is -2.39. The van der Waals surface area contributed by atoms with E-state index in [4.69, 9.17) is 4.74 Å². The fourth-order valence-electron chi connectivity index (χ4n) is 2.61. The molecule has 2 rings (SSSR count). The van der Waals surface area contributed by atoms with Crippen LogP contribution in [-0.4, -0.2) is 43.7 Å². The molecule has 4 N–H and O–H groups in total. The van der Waals surface area contributed by atoms with Crippen LogP contribution in [0.15, 0.2) is 47.5 Å². The first-order valence-corrected chi connectivity index (χ1v) is 9.40. The van der Waals surface area contributed by atoms with Gasteiger partial charge in [-0.25, -0.2) is 4.39 Å². The summed E-state index contributed by atoms with van der Waals surface area (Å²) in [5.41, 5.74) is 1.22. The lowest BCUT2D eigenvalue weighted by molar-refractivity contribution is 0.0955. The number of hydrogen-bond acceptors (Lipinski definition) is 4. The summed E-state index contributed by atoms with van der Waals surface area (Å²) in [5, 5.41) is 18.4. The molecule has 156 valence electrons. The van der Waals surface area contributed by atoms with E-state index in [-0.39, 0.29) is 23.4 Å². The number of aliphatic imine (C=N–C) groups is 1. The predicted molar refractivity (Wildman–Crippen MR) is 111 cm³/mol. The van der Waals surface area contributed by atoms with E-state index in [1.807, 2.05) is 13.8 Å². The maximum absolute atomic E-state index is 13.9. The summed E-state index contributed by atoms with van der Waals surface area (Å²) in [6.07, 6.45) is 0. The molecule has 7 nitrogen and oxygen atoms in total. The topological polar surface area (TPSA) is 95.0 Å². The van der Waals surface area contributed by atoms with Crippen molar-refractivity contribution in [3.8, 4) is 11.5 Å². The molecule has 8 heteroatoms. The molecule has 0 heterocycles. The van der Waals surface area contributed by atoms with Gasteiger partial charge >= 0.3 is 0 Å². The van der Waals surface area contributed by atoms with Crippen molar-refractivity contribution in [1.82, 2.24) is 16.0 Å². The van der Waals surface area contributed by atoms with Gasteiger partial charge in [0.05, 0.1) is 19.7 Å². The van der Waals surface area contributed by atoms with E-state index < -0.39 is 5.82 Å². The third-order valence-electron chi connectivity index (χ3n) is 4.17. The molecule has 0 fully saturated rings. The normalized spacial score (nSPS) is 12.2. The van der Waals surface area contributed by atoms with Crippen LogP contribution in [0.5, 0.6) is 11.5 Å². The van der Waals surface area contributed by atoms with Gasteiger partial charge in [0.2, 0.25) is 0 Å². The molecule has 0 spiro atoms. The first-order valence-electron chi connectivity index (χ1n) is 9.40. The molecule has 0 saturated heterocycles. The number of benzene rings is 2. The van der Waals surface area contributed by atoms with Crippen LogP contribution in [0.3, 0.4) is 0 Å². The molecule has 0 saturated carbocycles. The van der Waals surface area contributed by atoms with E-state index >= 15 is 0 Å². The van der Waals surface area contributed by atoms with E-state index in [1.165, 1.54) is 25.3 Å². The number of amides is 1. The highest BCUT2D eigenvalue weighted by atomic mass is 19.1. The average molecular weight is 402 g/mol. The van der Waals surface area contributed by atoms with E-state index in [0.717, 1.165) is 5.56 Å². The Kier molecular flexibility index (Phi) is 8.27. The molecule has 0 aromatic heterocycles. The Hall–Kier alpha value is -3.29. The Bertz CT molecular complexity index is 840. The molecule has 0 radical (unpaired) electrons. The first kappa shape index (κ1) is 22.0. The van der Waals surface area contributed by atoms with Crippen molar-refractivity contribution in [2.24, 2.45) is 4.99 Å². The van der Waals surface area contributed by atoms with Crippen molar-refractivity contribution in [3.63, 3.8) is 0 Å². The number of phenols is 1. The fraction of sp³-hybridized carbons (Fsp3) is 0.333. The average Bonchev–Trinajstić information content (AvgIpc) is 2.71. The molecule has 1 atom stereocenters. The number of carbonyl (C=O) groups excluding carboxylic acids is 1. The second-order valence-corrected chi connectivity index (χ2v) is 6.32. The van der Waals surface area contributed by atoms with Crippen molar-refractivity contribution < 1.29 is 19.0 Å². The molecule has 0 bridgehead atoms. The minimum Gasteiger partial charge on any atom is -0.508 e. The van der Waals surface area contributed by atoms with Crippen LogP contribution < -0.4 is 20.7 Å². The van der Waals surface area contributed by atoms with E-state index in [9.17, 15) is 14.3 Å². The number of carbonyl (C=O) groups is 1. The van der Waals surface area contributed by atoms with Gasteiger partial charge in [-0.2, -0.15) is 0 Å². The second-order valence-electron chi connectivity index (χ2n) is 6.32. The third kappa shape index (κ3) is 6.67. The highest BCUT2D eigenvalue weighted by Gasteiger charge is 2.11. The van der Waals surface area contributed by atoms with Crippen LogP contribution in [-0.2, 0) is 0 Å². The van der Waals surface area contributed by atoms with Gasteiger partial charge in [0, 0.05) is 18.7 Å². The number of phenolic OH excluding ortho intramolecular Hbond substituents is 1. The minimum absolute atomic E-state index is 0.110. The van der Waals surface area contributed by atoms with Crippen molar-refractivity contribution in [2.45, 2.75) is 19.9 Å². The van der Waals surface area contributed by atoms with Crippen LogP contribution in [0.1, 0.15) is 35.8 Å². The second kappa shape index (κ2) is 10.9.